The molecule has 7 heteroatoms. The lowest BCUT2D eigenvalue weighted by Crippen LogP contribution is -3.15. The van der Waals surface area contributed by atoms with Crippen molar-refractivity contribution in [1.82, 2.24) is 5.32 Å². The van der Waals surface area contributed by atoms with Crippen molar-refractivity contribution in [2.45, 2.75) is 6.04 Å². The summed E-state index contributed by atoms with van der Waals surface area (Å²) in [5, 5.41) is 5.80. The monoisotopic (exact) mass is 385 g/mol. The van der Waals surface area contributed by atoms with E-state index in [1.54, 1.807) is 29.5 Å². The summed E-state index contributed by atoms with van der Waals surface area (Å²) < 4.78 is 5.45. The van der Waals surface area contributed by atoms with Gasteiger partial charge in [-0.3, -0.25) is 4.79 Å². The minimum atomic E-state index is -0.236. The number of halogens is 2. The van der Waals surface area contributed by atoms with Gasteiger partial charge in [-0.1, -0.05) is 35.3 Å². The van der Waals surface area contributed by atoms with Crippen molar-refractivity contribution >= 4 is 40.4 Å². The number of morpholine rings is 1. The molecule has 24 heavy (non-hydrogen) atoms. The highest BCUT2D eigenvalue weighted by Gasteiger charge is 2.28. The number of hydrogen-bond donors (Lipinski definition) is 2. The number of thiophene rings is 1. The molecule has 1 aliphatic heterocycles. The summed E-state index contributed by atoms with van der Waals surface area (Å²) in [5.41, 5.74) is 0.336. The fourth-order valence-corrected chi connectivity index (χ4v) is 4.37. The van der Waals surface area contributed by atoms with Crippen molar-refractivity contribution in [2.24, 2.45) is 0 Å². The highest BCUT2D eigenvalue weighted by molar-refractivity contribution is 7.10. The number of amides is 1. The first-order valence-corrected chi connectivity index (χ1v) is 9.48. The Labute approximate surface area is 155 Å². The molecule has 2 heterocycles. The smallest absolute Gasteiger partial charge is 0.254 e. The van der Waals surface area contributed by atoms with E-state index < -0.39 is 0 Å². The van der Waals surface area contributed by atoms with E-state index in [-0.39, 0.29) is 11.9 Å². The molecule has 0 unspecified atom stereocenters. The zero-order valence-corrected chi connectivity index (χ0v) is 15.4. The lowest BCUT2D eigenvalue weighted by Gasteiger charge is -2.31. The van der Waals surface area contributed by atoms with Gasteiger partial charge in [0.1, 0.15) is 19.1 Å². The van der Waals surface area contributed by atoms with Gasteiger partial charge in [-0.05, 0) is 23.6 Å². The number of carbonyl (C=O) groups is 1. The van der Waals surface area contributed by atoms with Gasteiger partial charge in [0, 0.05) is 0 Å². The second-order valence-electron chi connectivity index (χ2n) is 5.65. The fourth-order valence-electron chi connectivity index (χ4n) is 2.92. The number of carbonyl (C=O) groups excluding carboxylic acids is 1. The van der Waals surface area contributed by atoms with Crippen LogP contribution in [0.5, 0.6) is 0 Å². The van der Waals surface area contributed by atoms with E-state index in [1.807, 2.05) is 6.07 Å². The predicted octanol–water partition coefficient (Wildman–Crippen LogP) is 2.44. The molecule has 2 N–H and O–H groups in total. The summed E-state index contributed by atoms with van der Waals surface area (Å²) in [4.78, 5) is 15.2. The largest absolute Gasteiger partial charge is 0.370 e. The van der Waals surface area contributed by atoms with E-state index in [1.165, 1.54) is 9.78 Å². The van der Waals surface area contributed by atoms with Crippen molar-refractivity contribution in [3.8, 4) is 0 Å². The first-order chi connectivity index (χ1) is 11.7. The van der Waals surface area contributed by atoms with Gasteiger partial charge < -0.3 is 15.0 Å². The number of quaternary nitrogens is 1. The second-order valence-corrected chi connectivity index (χ2v) is 7.44. The van der Waals surface area contributed by atoms with Crippen LogP contribution in [0.25, 0.3) is 0 Å². The highest BCUT2D eigenvalue weighted by atomic mass is 35.5. The van der Waals surface area contributed by atoms with Gasteiger partial charge in [0.05, 0.1) is 40.2 Å². The Balaban J connectivity index is 1.72. The van der Waals surface area contributed by atoms with Crippen LogP contribution in [-0.2, 0) is 4.74 Å². The van der Waals surface area contributed by atoms with Gasteiger partial charge in [-0.2, -0.15) is 0 Å². The lowest BCUT2D eigenvalue weighted by molar-refractivity contribution is -0.937. The van der Waals surface area contributed by atoms with Crippen molar-refractivity contribution < 1.29 is 14.4 Å². The standard InChI is InChI=1S/C17H18Cl2N2O2S/c18-12-3-1-4-13(19)16(12)17(22)20-11-14(15-5-2-10-24-15)21-6-8-23-9-7-21/h1-5,10,14H,6-9,11H2,(H,20,22)/p+1/t14-/m1/s1. The molecule has 0 spiro atoms. The van der Waals surface area contributed by atoms with E-state index in [0.717, 1.165) is 26.3 Å². The van der Waals surface area contributed by atoms with Gasteiger partial charge >= 0.3 is 0 Å². The molecule has 0 saturated carbocycles. The molecule has 1 aromatic carbocycles. The maximum Gasteiger partial charge on any atom is 0.254 e. The Hall–Kier alpha value is -1.11. The van der Waals surface area contributed by atoms with Gasteiger partial charge in [0.2, 0.25) is 0 Å². The minimum Gasteiger partial charge on any atom is -0.370 e. The van der Waals surface area contributed by atoms with Crippen LogP contribution < -0.4 is 10.2 Å². The summed E-state index contributed by atoms with van der Waals surface area (Å²) in [6, 6.07) is 9.44. The summed E-state index contributed by atoms with van der Waals surface area (Å²) >= 11 is 14.0. The molecule has 1 aromatic heterocycles. The lowest BCUT2D eigenvalue weighted by atomic mass is 10.1. The number of hydrogen-bond acceptors (Lipinski definition) is 3. The van der Waals surface area contributed by atoms with Gasteiger partial charge in [-0.25, -0.2) is 0 Å². The van der Waals surface area contributed by atoms with Crippen LogP contribution in [0.3, 0.4) is 0 Å². The number of ether oxygens (including phenoxy) is 1. The van der Waals surface area contributed by atoms with Crippen molar-refractivity contribution in [3.63, 3.8) is 0 Å². The fraction of sp³-hybridized carbons (Fsp3) is 0.353. The van der Waals surface area contributed by atoms with E-state index in [4.69, 9.17) is 27.9 Å². The first kappa shape index (κ1) is 17.7. The predicted molar refractivity (Wildman–Crippen MR) is 97.4 cm³/mol. The van der Waals surface area contributed by atoms with E-state index in [0.29, 0.717) is 22.2 Å². The molecule has 1 fully saturated rings. The Morgan fingerprint density at radius 3 is 2.54 bits per heavy atom. The van der Waals surface area contributed by atoms with Crippen molar-refractivity contribution in [1.29, 1.82) is 0 Å². The van der Waals surface area contributed by atoms with E-state index >= 15 is 0 Å². The normalized spacial score (nSPS) is 16.8. The molecular formula is C17H19Cl2N2O2S+. The molecule has 0 aliphatic carbocycles. The molecule has 2 aromatic rings. The molecule has 128 valence electrons. The van der Waals surface area contributed by atoms with Crippen LogP contribution in [0.1, 0.15) is 21.3 Å². The highest BCUT2D eigenvalue weighted by Crippen LogP contribution is 2.24. The zero-order valence-electron chi connectivity index (χ0n) is 13.1. The maximum absolute atomic E-state index is 12.5. The minimum absolute atomic E-state index is 0.208. The topological polar surface area (TPSA) is 42.8 Å². The third-order valence-electron chi connectivity index (χ3n) is 4.17. The zero-order chi connectivity index (χ0) is 16.9. The Bertz CT molecular complexity index is 668. The molecule has 1 aliphatic rings. The third-order valence-corrected chi connectivity index (χ3v) is 5.79. The Morgan fingerprint density at radius 1 is 1.21 bits per heavy atom. The Kier molecular flexibility index (Phi) is 6.14. The molecule has 1 amide bonds. The average molecular weight is 386 g/mol. The van der Waals surface area contributed by atoms with Crippen LogP contribution in [0, 0.1) is 0 Å². The quantitative estimate of drug-likeness (QED) is 0.829. The van der Waals surface area contributed by atoms with E-state index in [2.05, 4.69) is 16.8 Å². The summed E-state index contributed by atoms with van der Waals surface area (Å²) in [7, 11) is 0. The second kappa shape index (κ2) is 8.32. The van der Waals surface area contributed by atoms with Crippen LogP contribution in [0.4, 0.5) is 0 Å². The number of rotatable bonds is 5. The average Bonchev–Trinajstić information content (AvgIpc) is 3.10. The molecule has 0 radical (unpaired) electrons. The van der Waals surface area contributed by atoms with Crippen LogP contribution in [0.15, 0.2) is 35.7 Å². The third kappa shape index (κ3) is 4.10. The SMILES string of the molecule is O=C(NC[C@H](c1cccs1)[NH+]1CCOCC1)c1c(Cl)cccc1Cl. The number of benzene rings is 1. The molecular weight excluding hydrogens is 367 g/mol. The molecule has 1 atom stereocenters. The van der Waals surface area contributed by atoms with Crippen LogP contribution in [0.2, 0.25) is 10.0 Å². The molecule has 1 saturated heterocycles. The van der Waals surface area contributed by atoms with Gasteiger partial charge in [-0.15, -0.1) is 11.3 Å². The van der Waals surface area contributed by atoms with E-state index in [9.17, 15) is 4.79 Å². The molecule has 3 rings (SSSR count). The summed E-state index contributed by atoms with van der Waals surface area (Å²) in [6.45, 7) is 3.91. The van der Waals surface area contributed by atoms with Crippen molar-refractivity contribution in [2.75, 3.05) is 32.8 Å². The number of nitrogens with one attached hydrogen (secondary N) is 2. The Morgan fingerprint density at radius 2 is 1.92 bits per heavy atom. The summed E-state index contributed by atoms with van der Waals surface area (Å²) in [6.07, 6.45) is 0. The maximum atomic E-state index is 12.5. The first-order valence-electron chi connectivity index (χ1n) is 7.84. The van der Waals surface area contributed by atoms with Gasteiger partial charge in [0.25, 0.3) is 5.91 Å². The van der Waals surface area contributed by atoms with Gasteiger partial charge in [0.15, 0.2) is 0 Å². The van der Waals surface area contributed by atoms with Crippen molar-refractivity contribution in [3.05, 3.63) is 56.2 Å². The molecule has 4 nitrogen and oxygen atoms in total. The van der Waals surface area contributed by atoms with Crippen LogP contribution in [-0.4, -0.2) is 38.8 Å². The molecule has 0 bridgehead atoms. The summed E-state index contributed by atoms with van der Waals surface area (Å²) in [5.74, 6) is -0.236. The van der Waals surface area contributed by atoms with Crippen LogP contribution >= 0.6 is 34.5 Å².